The minimum absolute atomic E-state index is 0.00280. The summed E-state index contributed by atoms with van der Waals surface area (Å²) in [5.74, 6) is 2.77. The molecule has 23 heavy (non-hydrogen) atoms. The lowest BCUT2D eigenvalue weighted by Crippen LogP contribution is -2.32. The molecule has 0 aliphatic heterocycles. The normalized spacial score (nSPS) is 42.2. The van der Waals surface area contributed by atoms with E-state index < -0.39 is 6.17 Å². The van der Waals surface area contributed by atoms with Crippen LogP contribution in [0.25, 0.3) is 0 Å². The summed E-state index contributed by atoms with van der Waals surface area (Å²) in [7, 11) is 0. The molecular formula is C20H33FO2. The zero-order chi connectivity index (χ0) is 16.2. The monoisotopic (exact) mass is 324 g/mol. The highest BCUT2D eigenvalue weighted by Crippen LogP contribution is 2.41. The Hall–Kier alpha value is -0.600. The zero-order valence-corrected chi connectivity index (χ0v) is 14.6. The van der Waals surface area contributed by atoms with Crippen molar-refractivity contribution in [2.24, 2.45) is 23.7 Å². The average Bonchev–Trinajstić information content (AvgIpc) is 2.58. The van der Waals surface area contributed by atoms with Gasteiger partial charge in [0.1, 0.15) is 12.3 Å². The van der Waals surface area contributed by atoms with Gasteiger partial charge in [-0.05, 0) is 82.0 Å². The number of alkyl halides is 1. The van der Waals surface area contributed by atoms with Gasteiger partial charge in [0.25, 0.3) is 0 Å². The van der Waals surface area contributed by atoms with E-state index in [1.807, 2.05) is 0 Å². The molecule has 0 aromatic carbocycles. The molecule has 0 bridgehead atoms. The second-order valence-corrected chi connectivity index (χ2v) is 8.44. The van der Waals surface area contributed by atoms with Gasteiger partial charge in [-0.15, -0.1) is 0 Å². The minimum Gasteiger partial charge on any atom is -0.462 e. The average molecular weight is 324 g/mol. The predicted molar refractivity (Wildman–Crippen MR) is 89.8 cm³/mol. The van der Waals surface area contributed by atoms with Gasteiger partial charge in [0, 0.05) is 0 Å². The third-order valence-corrected chi connectivity index (χ3v) is 6.72. The van der Waals surface area contributed by atoms with Crippen molar-refractivity contribution in [2.75, 3.05) is 0 Å². The Morgan fingerprint density at radius 2 is 1.30 bits per heavy atom. The molecule has 2 nitrogen and oxygen atoms in total. The first-order valence-electron chi connectivity index (χ1n) is 9.96. The Morgan fingerprint density at radius 1 is 0.783 bits per heavy atom. The van der Waals surface area contributed by atoms with Crippen LogP contribution in [0.15, 0.2) is 0 Å². The van der Waals surface area contributed by atoms with Crippen LogP contribution < -0.4 is 0 Å². The van der Waals surface area contributed by atoms with Crippen molar-refractivity contribution in [1.82, 2.24) is 0 Å². The Balaban J connectivity index is 1.39. The highest BCUT2D eigenvalue weighted by Gasteiger charge is 2.34. The summed E-state index contributed by atoms with van der Waals surface area (Å²) in [6.07, 6.45) is 11.8. The number of hydrogen-bond donors (Lipinski definition) is 0. The maximum Gasteiger partial charge on any atom is 0.309 e. The van der Waals surface area contributed by atoms with E-state index in [4.69, 9.17) is 4.74 Å². The van der Waals surface area contributed by atoms with Crippen LogP contribution in [0.3, 0.4) is 0 Å². The Labute approximate surface area is 140 Å². The first-order chi connectivity index (χ1) is 11.1. The molecule has 3 fully saturated rings. The molecule has 0 aromatic heterocycles. The molecule has 132 valence electrons. The van der Waals surface area contributed by atoms with Gasteiger partial charge in [-0.3, -0.25) is 4.79 Å². The lowest BCUT2D eigenvalue weighted by atomic mass is 9.69. The number of hydrogen-bond acceptors (Lipinski definition) is 2. The van der Waals surface area contributed by atoms with Gasteiger partial charge in [0.2, 0.25) is 0 Å². The van der Waals surface area contributed by atoms with Crippen LogP contribution >= 0.6 is 0 Å². The first kappa shape index (κ1) is 17.2. The van der Waals surface area contributed by atoms with E-state index in [9.17, 15) is 9.18 Å². The maximum atomic E-state index is 13.2. The van der Waals surface area contributed by atoms with E-state index >= 15 is 0 Å². The molecule has 0 unspecified atom stereocenters. The van der Waals surface area contributed by atoms with Crippen LogP contribution in [0.1, 0.15) is 84.0 Å². The summed E-state index contributed by atoms with van der Waals surface area (Å²) < 4.78 is 18.8. The highest BCUT2D eigenvalue weighted by molar-refractivity contribution is 5.72. The minimum atomic E-state index is -0.682. The summed E-state index contributed by atoms with van der Waals surface area (Å²) >= 11 is 0. The van der Waals surface area contributed by atoms with Gasteiger partial charge < -0.3 is 4.74 Å². The summed E-state index contributed by atoms with van der Waals surface area (Å²) in [4.78, 5) is 12.4. The fourth-order valence-corrected chi connectivity index (χ4v) is 4.98. The van der Waals surface area contributed by atoms with E-state index in [1.54, 1.807) is 0 Å². The van der Waals surface area contributed by atoms with Gasteiger partial charge in [0.05, 0.1) is 5.92 Å². The predicted octanol–water partition coefficient (Wildman–Crippen LogP) is 5.44. The number of carbonyl (C=O) groups excluding carboxylic acids is 1. The van der Waals surface area contributed by atoms with E-state index in [2.05, 4.69) is 6.92 Å². The Kier molecular flexibility index (Phi) is 5.98. The van der Waals surface area contributed by atoms with Crippen LogP contribution in [0, 0.1) is 23.7 Å². The van der Waals surface area contributed by atoms with Gasteiger partial charge in [-0.1, -0.05) is 19.8 Å². The summed E-state index contributed by atoms with van der Waals surface area (Å²) in [6.45, 7) is 2.37. The van der Waals surface area contributed by atoms with Gasteiger partial charge >= 0.3 is 5.97 Å². The quantitative estimate of drug-likeness (QED) is 0.646. The molecule has 0 spiro atoms. The first-order valence-corrected chi connectivity index (χ1v) is 9.96. The maximum absolute atomic E-state index is 13.2. The third-order valence-electron chi connectivity index (χ3n) is 6.72. The molecule has 3 heteroatoms. The molecule has 3 aliphatic rings. The summed E-state index contributed by atoms with van der Waals surface area (Å²) in [6, 6.07) is 0. The van der Waals surface area contributed by atoms with Crippen LogP contribution in [0.4, 0.5) is 4.39 Å². The van der Waals surface area contributed by atoms with Crippen molar-refractivity contribution in [2.45, 2.75) is 96.2 Å². The molecule has 0 heterocycles. The zero-order valence-electron chi connectivity index (χ0n) is 14.6. The molecule has 3 saturated carbocycles. The lowest BCUT2D eigenvalue weighted by Gasteiger charge is -2.37. The molecule has 0 atom stereocenters. The number of ether oxygens (including phenoxy) is 1. The van der Waals surface area contributed by atoms with Crippen molar-refractivity contribution >= 4 is 5.97 Å². The smallest absolute Gasteiger partial charge is 0.309 e. The molecule has 0 amide bonds. The van der Waals surface area contributed by atoms with Crippen molar-refractivity contribution < 1.29 is 13.9 Å². The summed E-state index contributed by atoms with van der Waals surface area (Å²) in [5.41, 5.74) is 0. The summed E-state index contributed by atoms with van der Waals surface area (Å²) in [5, 5.41) is 0. The van der Waals surface area contributed by atoms with E-state index in [0.717, 1.165) is 30.6 Å². The lowest BCUT2D eigenvalue weighted by molar-refractivity contribution is -0.157. The largest absolute Gasteiger partial charge is 0.462 e. The molecule has 0 aromatic rings. The van der Waals surface area contributed by atoms with Crippen LogP contribution in [0.5, 0.6) is 0 Å². The van der Waals surface area contributed by atoms with Crippen LogP contribution in [-0.4, -0.2) is 18.2 Å². The number of rotatable bonds is 3. The molecular weight excluding hydrogens is 291 g/mol. The van der Waals surface area contributed by atoms with Crippen molar-refractivity contribution in [3.8, 4) is 0 Å². The van der Waals surface area contributed by atoms with Crippen molar-refractivity contribution in [3.63, 3.8) is 0 Å². The van der Waals surface area contributed by atoms with Crippen molar-refractivity contribution in [3.05, 3.63) is 0 Å². The number of esters is 1. The van der Waals surface area contributed by atoms with Crippen LogP contribution in [0.2, 0.25) is 0 Å². The number of carbonyl (C=O) groups is 1. The molecule has 0 radical (unpaired) electrons. The molecule has 0 N–H and O–H groups in total. The second-order valence-electron chi connectivity index (χ2n) is 8.44. The Bertz CT molecular complexity index is 373. The van der Waals surface area contributed by atoms with E-state index in [-0.39, 0.29) is 18.0 Å². The van der Waals surface area contributed by atoms with Gasteiger partial charge in [-0.2, -0.15) is 0 Å². The topological polar surface area (TPSA) is 26.3 Å². The van der Waals surface area contributed by atoms with Crippen LogP contribution in [-0.2, 0) is 9.53 Å². The highest BCUT2D eigenvalue weighted by atomic mass is 19.1. The van der Waals surface area contributed by atoms with E-state index in [1.165, 1.54) is 38.5 Å². The van der Waals surface area contributed by atoms with Gasteiger partial charge in [0.15, 0.2) is 0 Å². The second kappa shape index (κ2) is 7.98. The molecule has 0 saturated heterocycles. The van der Waals surface area contributed by atoms with Crippen molar-refractivity contribution in [1.29, 1.82) is 0 Å². The molecule has 3 aliphatic carbocycles. The van der Waals surface area contributed by atoms with Gasteiger partial charge in [-0.25, -0.2) is 4.39 Å². The molecule has 3 rings (SSSR count). The fourth-order valence-electron chi connectivity index (χ4n) is 4.98. The Morgan fingerprint density at radius 3 is 1.87 bits per heavy atom. The fraction of sp³-hybridized carbons (Fsp3) is 0.950. The SMILES string of the molecule is CC1CCC(C2CCC(C(=O)OC3CCC(F)CC3)CC2)CC1. The standard InChI is InChI=1S/C20H33FO2/c1-14-2-4-15(5-3-14)16-6-8-17(9-7-16)20(22)23-19-12-10-18(21)11-13-19/h14-19H,2-13H2,1H3. The third kappa shape index (κ3) is 4.70. The van der Waals surface area contributed by atoms with E-state index in [0.29, 0.717) is 25.7 Å². The number of halogens is 1.